The number of aliphatic hydroxyl groups excluding tert-OH is 1. The molecular formula is C41H50N2O4. The van der Waals surface area contributed by atoms with Gasteiger partial charge >= 0.3 is 0 Å². The third-order valence-electron chi connectivity index (χ3n) is 11.5. The lowest BCUT2D eigenvalue weighted by Gasteiger charge is -2.47. The zero-order valence-electron chi connectivity index (χ0n) is 28.3. The molecule has 1 heterocycles. The van der Waals surface area contributed by atoms with E-state index in [0.717, 1.165) is 61.0 Å². The third-order valence-corrected chi connectivity index (χ3v) is 11.5. The van der Waals surface area contributed by atoms with Crippen molar-refractivity contribution < 1.29 is 19.8 Å². The Kier molecular flexibility index (Phi) is 9.84. The summed E-state index contributed by atoms with van der Waals surface area (Å²) in [6.45, 7) is 9.42. The summed E-state index contributed by atoms with van der Waals surface area (Å²) in [4.78, 5) is 31.0. The lowest BCUT2D eigenvalue weighted by molar-refractivity contribution is -0.132. The minimum atomic E-state index is -0.952. The number of carbonyl (C=O) groups is 2. The van der Waals surface area contributed by atoms with Crippen molar-refractivity contribution in [1.29, 1.82) is 0 Å². The van der Waals surface area contributed by atoms with Crippen LogP contribution in [0.15, 0.2) is 84.4 Å². The van der Waals surface area contributed by atoms with Crippen LogP contribution in [0.25, 0.3) is 11.1 Å². The van der Waals surface area contributed by atoms with Crippen molar-refractivity contribution in [3.05, 3.63) is 107 Å². The van der Waals surface area contributed by atoms with Crippen molar-refractivity contribution in [2.75, 3.05) is 32.7 Å². The predicted octanol–water partition coefficient (Wildman–Crippen LogP) is 6.79. The lowest BCUT2D eigenvalue weighted by Crippen LogP contribution is -2.57. The van der Waals surface area contributed by atoms with Crippen molar-refractivity contribution in [3.63, 3.8) is 0 Å². The molecule has 1 saturated carbocycles. The van der Waals surface area contributed by atoms with Crippen LogP contribution >= 0.6 is 0 Å². The number of β-amino-alcohol motifs (C(OH)–C–C–N with tert-alkyl or cyclic N) is 1. The number of piperazine rings is 1. The number of carbonyl (C=O) groups excluding carboxylic acids is 2. The highest BCUT2D eigenvalue weighted by Crippen LogP contribution is 2.59. The van der Waals surface area contributed by atoms with Crippen LogP contribution in [-0.4, -0.2) is 76.1 Å². The van der Waals surface area contributed by atoms with E-state index in [1.165, 1.54) is 5.57 Å². The monoisotopic (exact) mass is 634 g/mol. The fraction of sp³-hybridized carbons (Fsp3) is 0.463. The molecule has 1 amide bonds. The van der Waals surface area contributed by atoms with Crippen LogP contribution in [-0.2, 0) is 11.2 Å². The molecule has 2 bridgehead atoms. The fourth-order valence-corrected chi connectivity index (χ4v) is 8.48. The van der Waals surface area contributed by atoms with Gasteiger partial charge in [0.1, 0.15) is 0 Å². The maximum absolute atomic E-state index is 14.8. The molecule has 0 aromatic heterocycles. The Bertz CT molecular complexity index is 1630. The molecule has 2 N–H and O–H groups in total. The van der Waals surface area contributed by atoms with Crippen LogP contribution in [0.5, 0.6) is 0 Å². The molecule has 4 aliphatic rings. The number of aliphatic hydroxyl groups is 2. The van der Waals surface area contributed by atoms with Gasteiger partial charge in [-0.1, -0.05) is 85.3 Å². The standard InChI is InChI=1S/C41H50N2O4/c1-29-10-9-20-40(3)38(19-21-41(40,47)28-42-22-24-43(25-23-42)30(2)44)35-18-16-31(26-33(45)17-15-29)27-37(35)39(46)36-14-8-7-13-34(36)32-11-5-4-6-12-32/h4-8,10-14,16,18,27,33,38,45,47H,9,15,17,19-26,28H2,1-3H3/t33-,38-,40-,41+/m0/s1. The Labute approximate surface area is 280 Å². The summed E-state index contributed by atoms with van der Waals surface area (Å²) in [5, 5.41) is 23.7. The molecule has 4 atom stereocenters. The molecule has 0 radical (unpaired) electrons. The van der Waals surface area contributed by atoms with Crippen LogP contribution < -0.4 is 0 Å². The number of allylic oxidation sites excluding steroid dienone is 2. The molecule has 2 fully saturated rings. The molecule has 47 heavy (non-hydrogen) atoms. The van der Waals surface area contributed by atoms with E-state index in [-0.39, 0.29) is 17.6 Å². The molecule has 6 nitrogen and oxygen atoms in total. The number of benzene rings is 3. The summed E-state index contributed by atoms with van der Waals surface area (Å²) in [5.74, 6) is 0.0627. The minimum absolute atomic E-state index is 0.0169. The van der Waals surface area contributed by atoms with Gasteiger partial charge in [-0.3, -0.25) is 14.5 Å². The Morgan fingerprint density at radius 2 is 1.62 bits per heavy atom. The maximum atomic E-state index is 14.8. The molecule has 3 aromatic carbocycles. The SMILES string of the molecule is CC(=O)N1CCN(C[C@]2(O)CC[C@H]3c4ccc(cc4C(=O)c4ccccc4-c4ccccc4)C[C@@H](O)CCC(C)=CCC[C@@]32C)CC1. The average Bonchev–Trinajstić information content (AvgIpc) is 3.32. The summed E-state index contributed by atoms with van der Waals surface area (Å²) < 4.78 is 0. The number of hydrogen-bond acceptors (Lipinski definition) is 5. The highest BCUT2D eigenvalue weighted by atomic mass is 16.3. The Morgan fingerprint density at radius 3 is 2.36 bits per heavy atom. The Morgan fingerprint density at radius 1 is 0.894 bits per heavy atom. The first kappa shape index (κ1) is 33.3. The summed E-state index contributed by atoms with van der Waals surface area (Å²) in [6, 6.07) is 24.1. The second-order valence-corrected chi connectivity index (χ2v) is 14.5. The first-order chi connectivity index (χ1) is 22.6. The van der Waals surface area contributed by atoms with E-state index in [1.807, 2.05) is 65.6 Å². The van der Waals surface area contributed by atoms with Gasteiger partial charge in [-0.2, -0.15) is 0 Å². The molecule has 6 heteroatoms. The molecule has 248 valence electrons. The number of ketones is 1. The quantitative estimate of drug-likeness (QED) is 0.239. The second kappa shape index (κ2) is 13.9. The average molecular weight is 635 g/mol. The topological polar surface area (TPSA) is 81.1 Å². The summed E-state index contributed by atoms with van der Waals surface area (Å²) in [5.41, 5.74) is 5.02. The van der Waals surface area contributed by atoms with E-state index < -0.39 is 17.1 Å². The normalized spacial score (nSPS) is 27.2. The van der Waals surface area contributed by atoms with E-state index in [1.54, 1.807) is 6.92 Å². The summed E-state index contributed by atoms with van der Waals surface area (Å²) in [7, 11) is 0. The molecule has 1 aliphatic heterocycles. The van der Waals surface area contributed by atoms with E-state index in [2.05, 4.69) is 37.0 Å². The minimum Gasteiger partial charge on any atom is -0.393 e. The highest BCUT2D eigenvalue weighted by molar-refractivity contribution is 6.13. The summed E-state index contributed by atoms with van der Waals surface area (Å²) >= 11 is 0. The van der Waals surface area contributed by atoms with E-state index in [0.29, 0.717) is 50.0 Å². The van der Waals surface area contributed by atoms with Crippen LogP contribution in [0.2, 0.25) is 0 Å². The third kappa shape index (κ3) is 6.87. The van der Waals surface area contributed by atoms with Crippen molar-refractivity contribution in [1.82, 2.24) is 9.80 Å². The van der Waals surface area contributed by atoms with Crippen LogP contribution in [0.1, 0.15) is 92.3 Å². The Hall–Kier alpha value is -3.58. The molecule has 0 spiro atoms. The van der Waals surface area contributed by atoms with Crippen molar-refractivity contribution >= 4 is 11.7 Å². The maximum Gasteiger partial charge on any atom is 0.219 e. The zero-order valence-corrected chi connectivity index (χ0v) is 28.3. The fourth-order valence-electron chi connectivity index (χ4n) is 8.48. The van der Waals surface area contributed by atoms with Crippen LogP contribution in [0.3, 0.4) is 0 Å². The highest BCUT2D eigenvalue weighted by Gasteiger charge is 2.57. The number of fused-ring (bicyclic) bond motifs is 8. The van der Waals surface area contributed by atoms with Gasteiger partial charge in [0.15, 0.2) is 5.78 Å². The van der Waals surface area contributed by atoms with Gasteiger partial charge in [-0.25, -0.2) is 0 Å². The molecule has 3 aliphatic carbocycles. The second-order valence-electron chi connectivity index (χ2n) is 14.5. The van der Waals surface area contributed by atoms with Crippen LogP contribution in [0.4, 0.5) is 0 Å². The smallest absolute Gasteiger partial charge is 0.219 e. The molecule has 1 saturated heterocycles. The van der Waals surface area contributed by atoms with Gasteiger partial charge in [0.25, 0.3) is 0 Å². The largest absolute Gasteiger partial charge is 0.393 e. The van der Waals surface area contributed by atoms with Gasteiger partial charge < -0.3 is 15.1 Å². The van der Waals surface area contributed by atoms with Crippen molar-refractivity contribution in [2.45, 2.75) is 83.3 Å². The van der Waals surface area contributed by atoms with Crippen molar-refractivity contribution in [3.8, 4) is 11.1 Å². The molecular weight excluding hydrogens is 584 g/mol. The zero-order chi connectivity index (χ0) is 33.2. The predicted molar refractivity (Wildman–Crippen MR) is 187 cm³/mol. The Balaban J connectivity index is 1.42. The van der Waals surface area contributed by atoms with Gasteiger partial charge in [0, 0.05) is 56.2 Å². The first-order valence-electron chi connectivity index (χ1n) is 17.4. The number of nitrogens with zero attached hydrogens (tertiary/aromatic N) is 2. The van der Waals surface area contributed by atoms with E-state index >= 15 is 0 Å². The van der Waals surface area contributed by atoms with E-state index in [4.69, 9.17) is 0 Å². The molecule has 3 aromatic rings. The van der Waals surface area contributed by atoms with Gasteiger partial charge in [0.05, 0.1) is 11.7 Å². The van der Waals surface area contributed by atoms with Gasteiger partial charge in [-0.05, 0) is 86.1 Å². The van der Waals surface area contributed by atoms with Crippen LogP contribution in [0, 0.1) is 5.41 Å². The lowest BCUT2D eigenvalue weighted by atomic mass is 9.64. The van der Waals surface area contributed by atoms with Crippen molar-refractivity contribution in [2.24, 2.45) is 5.41 Å². The van der Waals surface area contributed by atoms with E-state index in [9.17, 15) is 19.8 Å². The number of rotatable bonds is 5. The summed E-state index contributed by atoms with van der Waals surface area (Å²) in [6.07, 6.45) is 6.83. The van der Waals surface area contributed by atoms with Gasteiger partial charge in [-0.15, -0.1) is 0 Å². The molecule has 0 unspecified atom stereocenters. The molecule has 7 rings (SSSR count). The number of hydrogen-bond donors (Lipinski definition) is 2. The first-order valence-corrected chi connectivity index (χ1v) is 17.4. The number of amides is 1. The van der Waals surface area contributed by atoms with Gasteiger partial charge in [0.2, 0.25) is 5.91 Å².